The van der Waals surface area contributed by atoms with Crippen LogP contribution in [-0.4, -0.2) is 41.5 Å². The summed E-state index contributed by atoms with van der Waals surface area (Å²) in [5.41, 5.74) is -1.70. The second-order valence-electron chi connectivity index (χ2n) is 10.5. The van der Waals surface area contributed by atoms with Crippen molar-refractivity contribution in [3.8, 4) is 0 Å². The maximum absolute atomic E-state index is 15.2. The fraction of sp³-hybridized carbons (Fsp3) is 0.294. The van der Waals surface area contributed by atoms with E-state index in [1.165, 1.54) is 0 Å². The first kappa shape index (κ1) is 31.7. The summed E-state index contributed by atoms with van der Waals surface area (Å²) in [6.07, 6.45) is -2.64. The molecule has 1 fully saturated rings. The van der Waals surface area contributed by atoms with Gasteiger partial charge in [0.2, 0.25) is 0 Å². The first-order valence-corrected chi connectivity index (χ1v) is 13.2. The van der Waals surface area contributed by atoms with Gasteiger partial charge in [0.05, 0.1) is 12.2 Å². The van der Waals surface area contributed by atoms with Crippen LogP contribution in [0.5, 0.6) is 0 Å². The van der Waals surface area contributed by atoms with E-state index in [1.54, 1.807) is 76.2 Å². The molecule has 40 heavy (non-hydrogen) atoms. The summed E-state index contributed by atoms with van der Waals surface area (Å²) in [7, 11) is 0. The number of hydrogen-bond donors (Lipinski definition) is 0. The molecule has 1 heterocycles. The fourth-order valence-electron chi connectivity index (χ4n) is 5.09. The Hall–Kier alpha value is -2.79. The molecule has 4 aromatic rings. The summed E-state index contributed by atoms with van der Waals surface area (Å²) in [5, 5.41) is 39.9. The Balaban J connectivity index is 0.000000828. The van der Waals surface area contributed by atoms with Crippen LogP contribution in [0.1, 0.15) is 49.9 Å². The zero-order valence-electron chi connectivity index (χ0n) is 23.4. The van der Waals surface area contributed by atoms with Gasteiger partial charge in [0.15, 0.2) is 5.79 Å². The van der Waals surface area contributed by atoms with Crippen molar-refractivity contribution in [2.75, 3.05) is 0 Å². The molecule has 0 bridgehead atoms. The van der Waals surface area contributed by atoms with Crippen LogP contribution in [0.2, 0.25) is 0 Å². The normalized spacial score (nSPS) is 18.4. The third kappa shape index (κ3) is 6.57. The van der Waals surface area contributed by atoms with Crippen LogP contribution >= 0.6 is 0 Å². The Morgan fingerprint density at radius 2 is 0.750 bits per heavy atom. The topological polar surface area (TPSA) is 87.6 Å². The molecule has 0 amide bonds. The summed E-state index contributed by atoms with van der Waals surface area (Å²) in [6, 6.07) is 36.5. The molecular formula is C34H35AlO5. The van der Waals surface area contributed by atoms with Gasteiger partial charge in [0.25, 0.3) is 0 Å². The molecule has 1 aliphatic rings. The van der Waals surface area contributed by atoms with Crippen molar-refractivity contribution in [3.63, 3.8) is 0 Å². The minimum Gasteiger partial charge on any atom is -0.852 e. The van der Waals surface area contributed by atoms with Crippen LogP contribution in [0.25, 0.3) is 0 Å². The van der Waals surface area contributed by atoms with E-state index in [-0.39, 0.29) is 17.4 Å². The third-order valence-corrected chi connectivity index (χ3v) is 6.71. The van der Waals surface area contributed by atoms with Crippen molar-refractivity contribution in [3.05, 3.63) is 144 Å². The summed E-state index contributed by atoms with van der Waals surface area (Å²) in [4.78, 5) is 0. The molecule has 5 nitrogen and oxygen atoms in total. The SMILES string of the molecule is CC(C)[O-].CC1(C)O[C@@H](C([O-])(c2ccccc2)c2ccccc2)[C@H](C([O-])(c2ccccc2)c2ccccc2)O1.[Al+3]. The Morgan fingerprint density at radius 1 is 0.550 bits per heavy atom. The zero-order chi connectivity index (χ0) is 28.1. The van der Waals surface area contributed by atoms with Crippen molar-refractivity contribution in [1.82, 2.24) is 0 Å². The molecular weight excluding hydrogens is 515 g/mol. The Kier molecular flexibility index (Phi) is 10.5. The van der Waals surface area contributed by atoms with E-state index in [0.29, 0.717) is 22.3 Å². The molecule has 4 aromatic carbocycles. The molecule has 0 saturated carbocycles. The minimum absolute atomic E-state index is 0. The number of benzene rings is 4. The monoisotopic (exact) mass is 550 g/mol. The minimum atomic E-state index is -1.89. The van der Waals surface area contributed by atoms with Crippen LogP contribution in [0.3, 0.4) is 0 Å². The van der Waals surface area contributed by atoms with E-state index in [9.17, 15) is 5.11 Å². The van der Waals surface area contributed by atoms with Crippen molar-refractivity contribution < 1.29 is 24.8 Å². The maximum atomic E-state index is 15.2. The van der Waals surface area contributed by atoms with Crippen molar-refractivity contribution in [2.24, 2.45) is 0 Å². The molecule has 1 aliphatic heterocycles. The van der Waals surface area contributed by atoms with E-state index in [1.807, 2.05) is 72.8 Å². The zero-order valence-corrected chi connectivity index (χ0v) is 24.6. The van der Waals surface area contributed by atoms with Gasteiger partial charge in [-0.15, -0.1) is 6.10 Å². The van der Waals surface area contributed by atoms with Crippen LogP contribution in [0.15, 0.2) is 121 Å². The quantitative estimate of drug-likeness (QED) is 0.343. The van der Waals surface area contributed by atoms with E-state index >= 15 is 10.2 Å². The maximum Gasteiger partial charge on any atom is 3.00 e. The summed E-state index contributed by atoms with van der Waals surface area (Å²) < 4.78 is 12.8. The molecule has 6 heteroatoms. The summed E-state index contributed by atoms with van der Waals surface area (Å²) in [6.45, 7) is 6.74. The standard InChI is InChI=1S/C31H28O4.C3H7O.Al/c1-29(2)34-27(30(32,23-15-7-3-8-16-23)24-17-9-4-10-18-24)28(35-29)31(33,25-19-11-5-12-20-25)26-21-13-6-14-22-26;1-3(2)4;/h3-22,27-28H,1-2H3;3H,1-2H3;/q-2;-1;+3/t27-,28-;;/m1../s1. The van der Waals surface area contributed by atoms with Gasteiger partial charge in [-0.1, -0.05) is 157 Å². The molecule has 0 aromatic heterocycles. The summed E-state index contributed by atoms with van der Waals surface area (Å²) in [5.74, 6) is -1.13. The van der Waals surface area contributed by atoms with E-state index in [0.717, 1.165) is 0 Å². The second kappa shape index (κ2) is 13.3. The largest absolute Gasteiger partial charge is 3.00 e. The Labute approximate surface area is 248 Å². The Bertz CT molecular complexity index is 1120. The van der Waals surface area contributed by atoms with Crippen LogP contribution < -0.4 is 15.3 Å². The van der Waals surface area contributed by atoms with Gasteiger partial charge in [-0.25, -0.2) is 0 Å². The average Bonchev–Trinajstić information content (AvgIpc) is 3.30. The molecule has 0 unspecified atom stereocenters. The smallest absolute Gasteiger partial charge is 0.852 e. The Morgan fingerprint density at radius 3 is 0.950 bits per heavy atom. The van der Waals surface area contributed by atoms with Gasteiger partial charge in [-0.2, -0.15) is 0 Å². The molecule has 2 atom stereocenters. The molecule has 204 valence electrons. The number of rotatable bonds is 6. The van der Waals surface area contributed by atoms with Gasteiger partial charge in [0.1, 0.15) is 0 Å². The first-order valence-electron chi connectivity index (χ1n) is 13.2. The van der Waals surface area contributed by atoms with Gasteiger partial charge >= 0.3 is 17.4 Å². The van der Waals surface area contributed by atoms with Crippen LogP contribution in [-0.2, 0) is 20.7 Å². The molecule has 1 saturated heterocycles. The summed E-state index contributed by atoms with van der Waals surface area (Å²) >= 11 is 0. The third-order valence-electron chi connectivity index (χ3n) is 6.71. The predicted octanol–water partition coefficient (Wildman–Crippen LogP) is 3.49. The first-order chi connectivity index (χ1) is 18.6. The molecule has 5 rings (SSSR count). The van der Waals surface area contributed by atoms with Gasteiger partial charge in [-0.05, 0) is 25.0 Å². The second-order valence-corrected chi connectivity index (χ2v) is 10.5. The van der Waals surface area contributed by atoms with Crippen molar-refractivity contribution in [1.29, 1.82) is 0 Å². The van der Waals surface area contributed by atoms with Crippen molar-refractivity contribution >= 4 is 17.4 Å². The van der Waals surface area contributed by atoms with Crippen molar-refractivity contribution in [2.45, 2.75) is 63.0 Å². The van der Waals surface area contributed by atoms with E-state index in [4.69, 9.17) is 9.47 Å². The van der Waals surface area contributed by atoms with Gasteiger partial charge in [-0.3, -0.25) is 0 Å². The molecule has 0 spiro atoms. The number of hydrogen-bond acceptors (Lipinski definition) is 5. The molecule has 0 aliphatic carbocycles. The van der Waals surface area contributed by atoms with E-state index < -0.39 is 35.3 Å². The predicted molar refractivity (Wildman–Crippen MR) is 152 cm³/mol. The molecule has 0 radical (unpaired) electrons. The van der Waals surface area contributed by atoms with Gasteiger partial charge < -0.3 is 24.8 Å². The fourth-order valence-corrected chi connectivity index (χ4v) is 5.09. The van der Waals surface area contributed by atoms with E-state index in [2.05, 4.69) is 0 Å². The average molecular weight is 551 g/mol. The molecule has 0 N–H and O–H groups in total. The number of ether oxygens (including phenoxy) is 2. The van der Waals surface area contributed by atoms with Crippen LogP contribution in [0.4, 0.5) is 0 Å². The van der Waals surface area contributed by atoms with Crippen LogP contribution in [0, 0.1) is 0 Å². The van der Waals surface area contributed by atoms with Gasteiger partial charge in [0, 0.05) is 0 Å².